The summed E-state index contributed by atoms with van der Waals surface area (Å²) < 4.78 is 5.21. The first-order chi connectivity index (χ1) is 17.9. The first-order valence-electron chi connectivity index (χ1n) is 12.1. The maximum Gasteiger partial charge on any atom is 0.262 e. The monoisotopic (exact) mass is 512 g/mol. The van der Waals surface area contributed by atoms with Crippen molar-refractivity contribution in [2.45, 2.75) is 38.0 Å². The van der Waals surface area contributed by atoms with Crippen molar-refractivity contribution in [2.75, 3.05) is 12.4 Å². The van der Waals surface area contributed by atoms with Gasteiger partial charge in [-0.2, -0.15) is 10.1 Å². The van der Waals surface area contributed by atoms with Crippen LogP contribution < -0.4 is 10.1 Å². The van der Waals surface area contributed by atoms with Gasteiger partial charge < -0.3 is 10.1 Å². The Hall–Kier alpha value is -3.91. The second-order valence-electron chi connectivity index (χ2n) is 9.21. The maximum absolute atomic E-state index is 12.8. The normalized spacial score (nSPS) is 19.0. The Morgan fingerprint density at radius 3 is 2.46 bits per heavy atom. The van der Waals surface area contributed by atoms with Crippen molar-refractivity contribution in [1.29, 1.82) is 0 Å². The van der Waals surface area contributed by atoms with Gasteiger partial charge in [0.15, 0.2) is 5.17 Å². The molecule has 2 heterocycles. The number of methoxy groups -OCH3 is 1. The minimum Gasteiger partial charge on any atom is -0.497 e. The van der Waals surface area contributed by atoms with Gasteiger partial charge in [-0.05, 0) is 37.1 Å². The van der Waals surface area contributed by atoms with Crippen LogP contribution in [0, 0.1) is 13.8 Å². The summed E-state index contributed by atoms with van der Waals surface area (Å²) in [6, 6.07) is 23.7. The molecule has 188 valence electrons. The molecule has 1 N–H and O–H groups in total. The van der Waals surface area contributed by atoms with Crippen LogP contribution in [0.2, 0.25) is 0 Å². The second kappa shape index (κ2) is 10.6. The number of benzene rings is 3. The summed E-state index contributed by atoms with van der Waals surface area (Å²) in [4.78, 5) is 29.9. The Balaban J connectivity index is 1.34. The SMILES string of the molecule is COc1cccc(NC(=O)C[C@H]2SC(N3N=C(c4ccc(C)cc4)C[C@@H]3c3ccc(C)cc3)=NC2=O)c1. The third-order valence-electron chi connectivity index (χ3n) is 6.41. The average Bonchev–Trinajstić information content (AvgIpc) is 3.49. The van der Waals surface area contributed by atoms with E-state index in [9.17, 15) is 9.59 Å². The standard InChI is InChI=1S/C29H28N4O3S/c1-18-7-11-20(12-8-18)24-16-25(21-13-9-19(2)10-14-21)33(32-24)29-31-28(35)26(37-29)17-27(34)30-22-5-4-6-23(15-22)36-3/h4-15,25-26H,16-17H2,1-3H3,(H,30,34)/t25-,26-/m1/s1. The van der Waals surface area contributed by atoms with Gasteiger partial charge in [0.25, 0.3) is 5.91 Å². The van der Waals surface area contributed by atoms with E-state index in [1.165, 1.54) is 22.9 Å². The van der Waals surface area contributed by atoms with E-state index >= 15 is 0 Å². The number of aliphatic imine (C=N–C) groups is 1. The first kappa shape index (κ1) is 24.8. The molecule has 0 radical (unpaired) electrons. The zero-order valence-corrected chi connectivity index (χ0v) is 21.8. The number of carbonyl (C=O) groups excluding carboxylic acids is 2. The first-order valence-corrected chi connectivity index (χ1v) is 13.0. The number of hydrogen-bond donors (Lipinski definition) is 1. The van der Waals surface area contributed by atoms with Gasteiger partial charge in [0.1, 0.15) is 11.0 Å². The van der Waals surface area contributed by atoms with Crippen molar-refractivity contribution >= 4 is 40.1 Å². The molecule has 2 aliphatic rings. The number of amidine groups is 1. The fraction of sp³-hybridized carbons (Fsp3) is 0.241. The molecule has 3 aromatic rings. The molecule has 0 spiro atoms. The summed E-state index contributed by atoms with van der Waals surface area (Å²) in [5.74, 6) is 0.0755. The number of nitrogens with zero attached hydrogens (tertiary/aromatic N) is 3. The van der Waals surface area contributed by atoms with Crippen molar-refractivity contribution in [2.24, 2.45) is 10.1 Å². The number of rotatable bonds is 6. The van der Waals surface area contributed by atoms with Crippen molar-refractivity contribution in [3.8, 4) is 5.75 Å². The number of hydrazone groups is 1. The number of anilines is 1. The molecule has 0 fully saturated rings. The van der Waals surface area contributed by atoms with Crippen LogP contribution in [0.1, 0.15) is 41.1 Å². The highest BCUT2D eigenvalue weighted by Gasteiger charge is 2.39. The van der Waals surface area contributed by atoms with Crippen LogP contribution in [-0.4, -0.2) is 40.1 Å². The van der Waals surface area contributed by atoms with Gasteiger partial charge in [-0.1, -0.05) is 77.5 Å². The largest absolute Gasteiger partial charge is 0.497 e. The molecule has 0 aliphatic carbocycles. The minimum absolute atomic E-state index is 0.0191. The van der Waals surface area contributed by atoms with Crippen LogP contribution in [-0.2, 0) is 9.59 Å². The predicted octanol–water partition coefficient (Wildman–Crippen LogP) is 5.49. The highest BCUT2D eigenvalue weighted by Crippen LogP contribution is 2.38. The summed E-state index contributed by atoms with van der Waals surface area (Å²) >= 11 is 1.30. The van der Waals surface area contributed by atoms with E-state index in [0.29, 0.717) is 23.0 Å². The average molecular weight is 513 g/mol. The lowest BCUT2D eigenvalue weighted by atomic mass is 9.97. The van der Waals surface area contributed by atoms with E-state index in [1.807, 2.05) is 5.01 Å². The van der Waals surface area contributed by atoms with Gasteiger partial charge in [-0.25, -0.2) is 5.01 Å². The molecular formula is C29H28N4O3S. The number of hydrogen-bond acceptors (Lipinski definition) is 6. The Bertz CT molecular complexity index is 1380. The van der Waals surface area contributed by atoms with Gasteiger partial charge in [0.05, 0.1) is 18.9 Å². The molecule has 0 bridgehead atoms. The minimum atomic E-state index is -0.599. The Morgan fingerprint density at radius 2 is 1.76 bits per heavy atom. The zero-order valence-electron chi connectivity index (χ0n) is 21.0. The smallest absolute Gasteiger partial charge is 0.262 e. The van der Waals surface area contributed by atoms with Crippen LogP contribution >= 0.6 is 11.8 Å². The summed E-state index contributed by atoms with van der Waals surface area (Å²) in [5.41, 5.74) is 6.08. The highest BCUT2D eigenvalue weighted by atomic mass is 32.2. The van der Waals surface area contributed by atoms with Gasteiger partial charge in [-0.3, -0.25) is 9.59 Å². The van der Waals surface area contributed by atoms with Crippen molar-refractivity contribution in [3.63, 3.8) is 0 Å². The molecule has 2 atom stereocenters. The summed E-state index contributed by atoms with van der Waals surface area (Å²) in [6.45, 7) is 4.11. The molecule has 37 heavy (non-hydrogen) atoms. The fourth-order valence-electron chi connectivity index (χ4n) is 4.34. The van der Waals surface area contributed by atoms with E-state index in [2.05, 4.69) is 72.7 Å². The molecule has 0 saturated heterocycles. The van der Waals surface area contributed by atoms with Crippen LogP contribution in [0.5, 0.6) is 5.75 Å². The summed E-state index contributed by atoms with van der Waals surface area (Å²) in [6.07, 6.45) is 0.714. The zero-order chi connectivity index (χ0) is 25.9. The molecule has 2 amide bonds. The topological polar surface area (TPSA) is 83.4 Å². The van der Waals surface area contributed by atoms with E-state index in [0.717, 1.165) is 16.8 Å². The quantitative estimate of drug-likeness (QED) is 0.472. The van der Waals surface area contributed by atoms with E-state index in [1.54, 1.807) is 31.4 Å². The van der Waals surface area contributed by atoms with E-state index in [4.69, 9.17) is 9.84 Å². The second-order valence-corrected chi connectivity index (χ2v) is 10.4. The van der Waals surface area contributed by atoms with Gasteiger partial charge in [0.2, 0.25) is 5.91 Å². The molecule has 0 aromatic heterocycles. The third-order valence-corrected chi connectivity index (χ3v) is 7.55. The van der Waals surface area contributed by atoms with Crippen molar-refractivity contribution < 1.29 is 14.3 Å². The van der Waals surface area contributed by atoms with Gasteiger partial charge in [0, 0.05) is 24.6 Å². The molecule has 3 aromatic carbocycles. The van der Waals surface area contributed by atoms with Crippen LogP contribution in [0.25, 0.3) is 0 Å². The Labute approximate surface area is 220 Å². The molecule has 7 nitrogen and oxygen atoms in total. The van der Waals surface area contributed by atoms with Gasteiger partial charge in [-0.15, -0.1) is 0 Å². The molecule has 0 saturated carbocycles. The highest BCUT2D eigenvalue weighted by molar-refractivity contribution is 8.15. The van der Waals surface area contributed by atoms with E-state index < -0.39 is 5.25 Å². The number of nitrogens with one attached hydrogen (secondary N) is 1. The molecule has 8 heteroatoms. The molecular weight excluding hydrogens is 484 g/mol. The van der Waals surface area contributed by atoms with E-state index in [-0.39, 0.29) is 24.3 Å². The number of carbonyl (C=O) groups is 2. The van der Waals surface area contributed by atoms with Crippen LogP contribution in [0.4, 0.5) is 5.69 Å². The number of aryl methyl sites for hydroxylation is 2. The fourth-order valence-corrected chi connectivity index (χ4v) is 5.40. The van der Waals surface area contributed by atoms with Crippen molar-refractivity contribution in [3.05, 3.63) is 95.1 Å². The predicted molar refractivity (Wildman–Crippen MR) is 148 cm³/mol. The lowest BCUT2D eigenvalue weighted by Crippen LogP contribution is -2.25. The van der Waals surface area contributed by atoms with Crippen LogP contribution in [0.3, 0.4) is 0 Å². The molecule has 2 aliphatic heterocycles. The van der Waals surface area contributed by atoms with Crippen molar-refractivity contribution in [1.82, 2.24) is 5.01 Å². The molecule has 0 unspecified atom stereocenters. The molecule has 5 rings (SSSR count). The summed E-state index contributed by atoms with van der Waals surface area (Å²) in [7, 11) is 1.57. The lowest BCUT2D eigenvalue weighted by Gasteiger charge is -2.23. The van der Waals surface area contributed by atoms with Crippen LogP contribution in [0.15, 0.2) is 82.9 Å². The Kier molecular flexibility index (Phi) is 7.10. The maximum atomic E-state index is 12.8. The number of amides is 2. The number of ether oxygens (including phenoxy) is 1. The lowest BCUT2D eigenvalue weighted by molar-refractivity contribution is -0.121. The van der Waals surface area contributed by atoms with Gasteiger partial charge >= 0.3 is 0 Å². The Morgan fingerprint density at radius 1 is 1.05 bits per heavy atom. The third kappa shape index (κ3) is 5.59. The summed E-state index contributed by atoms with van der Waals surface area (Å²) in [5, 5.41) is 9.54. The number of thioether (sulfide) groups is 1.